The summed E-state index contributed by atoms with van der Waals surface area (Å²) in [5.74, 6) is -0.222. The monoisotopic (exact) mass is 168 g/mol. The molecule has 1 aromatic carbocycles. The van der Waals surface area contributed by atoms with E-state index in [4.69, 9.17) is 11.5 Å². The maximum absolute atomic E-state index is 12.5. The van der Waals surface area contributed by atoms with Gasteiger partial charge in [0.2, 0.25) is 0 Å². The third kappa shape index (κ3) is 2.60. The Labute approximate surface area is 71.4 Å². The van der Waals surface area contributed by atoms with Gasteiger partial charge in [-0.2, -0.15) is 0 Å². The predicted molar refractivity (Wildman–Crippen MR) is 47.1 cm³/mol. The normalized spacial score (nSPS) is 12.9. The van der Waals surface area contributed by atoms with Crippen molar-refractivity contribution in [1.29, 1.82) is 0 Å². The molecular formula is C9H13FN2. The molecule has 0 unspecified atom stereocenters. The number of hydrogen-bond donors (Lipinski definition) is 2. The minimum Gasteiger partial charge on any atom is -0.329 e. The molecule has 3 heteroatoms. The smallest absolute Gasteiger partial charge is 0.123 e. The second-order valence-electron chi connectivity index (χ2n) is 2.83. The molecule has 0 aliphatic rings. The van der Waals surface area contributed by atoms with Crippen LogP contribution in [0, 0.1) is 5.82 Å². The van der Waals surface area contributed by atoms with Crippen molar-refractivity contribution in [1.82, 2.24) is 0 Å². The van der Waals surface area contributed by atoms with Gasteiger partial charge < -0.3 is 11.5 Å². The van der Waals surface area contributed by atoms with E-state index in [0.29, 0.717) is 13.0 Å². The lowest BCUT2D eigenvalue weighted by Crippen LogP contribution is -2.31. The number of hydrogen-bond acceptors (Lipinski definition) is 2. The molecule has 0 amide bonds. The second kappa shape index (κ2) is 4.18. The first kappa shape index (κ1) is 9.16. The first-order valence-electron chi connectivity index (χ1n) is 3.92. The van der Waals surface area contributed by atoms with Crippen molar-refractivity contribution in [2.75, 3.05) is 6.54 Å². The largest absolute Gasteiger partial charge is 0.329 e. The summed E-state index contributed by atoms with van der Waals surface area (Å²) >= 11 is 0. The van der Waals surface area contributed by atoms with Gasteiger partial charge in [-0.15, -0.1) is 0 Å². The van der Waals surface area contributed by atoms with Gasteiger partial charge in [-0.1, -0.05) is 12.1 Å². The third-order valence-corrected chi connectivity index (χ3v) is 1.71. The summed E-state index contributed by atoms with van der Waals surface area (Å²) in [6.07, 6.45) is 0.705. The molecule has 0 aromatic heterocycles. The van der Waals surface area contributed by atoms with Crippen molar-refractivity contribution in [3.05, 3.63) is 35.6 Å². The van der Waals surface area contributed by atoms with Crippen LogP contribution in [-0.4, -0.2) is 12.6 Å². The SMILES string of the molecule is NC[C@H](N)Cc1ccc(F)cc1. The summed E-state index contributed by atoms with van der Waals surface area (Å²) in [5.41, 5.74) is 12.0. The number of rotatable bonds is 3. The molecule has 0 saturated heterocycles. The molecule has 12 heavy (non-hydrogen) atoms. The topological polar surface area (TPSA) is 52.0 Å². The zero-order valence-electron chi connectivity index (χ0n) is 6.83. The minimum atomic E-state index is -0.222. The van der Waals surface area contributed by atoms with Crippen LogP contribution in [0.3, 0.4) is 0 Å². The molecular weight excluding hydrogens is 155 g/mol. The highest BCUT2D eigenvalue weighted by Gasteiger charge is 2.00. The van der Waals surface area contributed by atoms with Crippen LogP contribution in [0.15, 0.2) is 24.3 Å². The van der Waals surface area contributed by atoms with Crippen LogP contribution in [0.5, 0.6) is 0 Å². The zero-order valence-corrected chi connectivity index (χ0v) is 6.83. The van der Waals surface area contributed by atoms with Crippen LogP contribution in [0.1, 0.15) is 5.56 Å². The Kier molecular flexibility index (Phi) is 3.19. The molecule has 1 atom stereocenters. The molecule has 66 valence electrons. The van der Waals surface area contributed by atoms with Crippen LogP contribution in [-0.2, 0) is 6.42 Å². The standard InChI is InChI=1S/C9H13FN2/c10-8-3-1-7(2-4-8)5-9(12)6-11/h1-4,9H,5-6,11-12H2/t9-/m1/s1. The Morgan fingerprint density at radius 2 is 1.83 bits per heavy atom. The second-order valence-corrected chi connectivity index (χ2v) is 2.83. The van der Waals surface area contributed by atoms with Gasteiger partial charge in [0.25, 0.3) is 0 Å². The minimum absolute atomic E-state index is 0.0320. The molecule has 0 fully saturated rings. The van der Waals surface area contributed by atoms with Crippen molar-refractivity contribution in [2.24, 2.45) is 11.5 Å². The van der Waals surface area contributed by atoms with E-state index in [1.807, 2.05) is 0 Å². The van der Waals surface area contributed by atoms with Crippen molar-refractivity contribution in [3.8, 4) is 0 Å². The zero-order chi connectivity index (χ0) is 8.97. The maximum atomic E-state index is 12.5. The van der Waals surface area contributed by atoms with Crippen LogP contribution < -0.4 is 11.5 Å². The van der Waals surface area contributed by atoms with Gasteiger partial charge in [-0.05, 0) is 24.1 Å². The molecule has 0 heterocycles. The Bertz CT molecular complexity index is 233. The third-order valence-electron chi connectivity index (χ3n) is 1.71. The molecule has 1 rings (SSSR count). The first-order valence-corrected chi connectivity index (χ1v) is 3.92. The van der Waals surface area contributed by atoms with E-state index in [2.05, 4.69) is 0 Å². The molecule has 0 saturated carbocycles. The van der Waals surface area contributed by atoms with Crippen molar-refractivity contribution in [3.63, 3.8) is 0 Å². The fourth-order valence-corrected chi connectivity index (χ4v) is 1.01. The van der Waals surface area contributed by atoms with Gasteiger partial charge in [0.1, 0.15) is 5.82 Å². The predicted octanol–water partition coefficient (Wildman–Crippen LogP) is 0.654. The van der Waals surface area contributed by atoms with Crippen LogP contribution in [0.25, 0.3) is 0 Å². The van der Waals surface area contributed by atoms with Gasteiger partial charge in [0.05, 0.1) is 0 Å². The molecule has 0 aliphatic heterocycles. The maximum Gasteiger partial charge on any atom is 0.123 e. The molecule has 0 radical (unpaired) electrons. The summed E-state index contributed by atoms with van der Waals surface area (Å²) < 4.78 is 12.5. The van der Waals surface area contributed by atoms with Gasteiger partial charge >= 0.3 is 0 Å². The summed E-state index contributed by atoms with van der Waals surface area (Å²) in [5, 5.41) is 0. The molecule has 4 N–H and O–H groups in total. The first-order chi connectivity index (χ1) is 5.72. The number of nitrogens with two attached hydrogens (primary N) is 2. The Morgan fingerprint density at radius 3 is 2.33 bits per heavy atom. The summed E-state index contributed by atoms with van der Waals surface area (Å²) in [7, 11) is 0. The average molecular weight is 168 g/mol. The van der Waals surface area contributed by atoms with E-state index >= 15 is 0 Å². The lowest BCUT2D eigenvalue weighted by atomic mass is 10.1. The fraction of sp³-hybridized carbons (Fsp3) is 0.333. The molecule has 2 nitrogen and oxygen atoms in total. The number of halogens is 1. The van der Waals surface area contributed by atoms with Gasteiger partial charge in [-0.25, -0.2) is 4.39 Å². The molecule has 0 bridgehead atoms. The molecule has 0 aliphatic carbocycles. The Morgan fingerprint density at radius 1 is 1.25 bits per heavy atom. The van der Waals surface area contributed by atoms with E-state index in [-0.39, 0.29) is 11.9 Å². The highest BCUT2D eigenvalue weighted by Crippen LogP contribution is 2.04. The van der Waals surface area contributed by atoms with E-state index in [9.17, 15) is 4.39 Å². The van der Waals surface area contributed by atoms with Crippen LogP contribution in [0.4, 0.5) is 4.39 Å². The van der Waals surface area contributed by atoms with Gasteiger partial charge in [-0.3, -0.25) is 0 Å². The lowest BCUT2D eigenvalue weighted by molar-refractivity contribution is 0.624. The molecule has 1 aromatic rings. The Balaban J connectivity index is 2.58. The van der Waals surface area contributed by atoms with Crippen LogP contribution >= 0.6 is 0 Å². The van der Waals surface area contributed by atoms with E-state index in [0.717, 1.165) is 5.56 Å². The number of benzene rings is 1. The average Bonchev–Trinajstić information content (AvgIpc) is 2.09. The van der Waals surface area contributed by atoms with E-state index in [1.54, 1.807) is 12.1 Å². The van der Waals surface area contributed by atoms with E-state index < -0.39 is 0 Å². The summed E-state index contributed by atoms with van der Waals surface area (Å²) in [6, 6.07) is 6.28. The van der Waals surface area contributed by atoms with E-state index in [1.165, 1.54) is 12.1 Å². The fourth-order valence-electron chi connectivity index (χ4n) is 1.01. The summed E-state index contributed by atoms with van der Waals surface area (Å²) in [6.45, 7) is 0.456. The summed E-state index contributed by atoms with van der Waals surface area (Å²) in [4.78, 5) is 0. The highest BCUT2D eigenvalue weighted by atomic mass is 19.1. The quantitative estimate of drug-likeness (QED) is 0.696. The molecule has 0 spiro atoms. The van der Waals surface area contributed by atoms with Crippen molar-refractivity contribution >= 4 is 0 Å². The van der Waals surface area contributed by atoms with Crippen molar-refractivity contribution < 1.29 is 4.39 Å². The van der Waals surface area contributed by atoms with Crippen LogP contribution in [0.2, 0.25) is 0 Å². The Hall–Kier alpha value is -0.930. The van der Waals surface area contributed by atoms with Crippen molar-refractivity contribution in [2.45, 2.75) is 12.5 Å². The highest BCUT2D eigenvalue weighted by molar-refractivity contribution is 5.17. The van der Waals surface area contributed by atoms with Gasteiger partial charge in [0, 0.05) is 12.6 Å². The van der Waals surface area contributed by atoms with Gasteiger partial charge in [0.15, 0.2) is 0 Å². The lowest BCUT2D eigenvalue weighted by Gasteiger charge is -2.07.